The van der Waals surface area contributed by atoms with Gasteiger partial charge in [0.1, 0.15) is 0 Å². The molecule has 0 aromatic heterocycles. The summed E-state index contributed by atoms with van der Waals surface area (Å²) in [5.41, 5.74) is 19.0. The second kappa shape index (κ2) is 10.8. The molecule has 0 saturated carbocycles. The van der Waals surface area contributed by atoms with Crippen LogP contribution in [0.4, 0.5) is 28.4 Å². The summed E-state index contributed by atoms with van der Waals surface area (Å²) in [4.78, 5) is 5.23. The van der Waals surface area contributed by atoms with Crippen LogP contribution in [-0.2, 0) is 5.41 Å². The van der Waals surface area contributed by atoms with Crippen LogP contribution in [0.5, 0.6) is 0 Å². The summed E-state index contributed by atoms with van der Waals surface area (Å²) >= 11 is 0. The number of rotatable bonds is 3. The Balaban J connectivity index is 1.27. The summed E-state index contributed by atoms with van der Waals surface area (Å²) in [6.07, 6.45) is 0. The third-order valence-electron chi connectivity index (χ3n) is 11.8. The van der Waals surface area contributed by atoms with Crippen molar-refractivity contribution < 1.29 is 0 Å². The molecule has 8 aromatic rings. The normalized spacial score (nSPS) is 14.4. The minimum atomic E-state index is -0.166. The first-order chi connectivity index (χ1) is 25.6. The highest BCUT2D eigenvalue weighted by Crippen LogP contribution is 2.55. The van der Waals surface area contributed by atoms with E-state index in [2.05, 4.69) is 199 Å². The monoisotopic (exact) mass is 662 g/mol. The second-order valence-electron chi connectivity index (χ2n) is 14.9. The van der Waals surface area contributed by atoms with E-state index in [9.17, 15) is 0 Å². The predicted octanol–water partition coefficient (Wildman–Crippen LogP) is 11.5. The minimum absolute atomic E-state index is 0.0293. The van der Waals surface area contributed by atoms with Gasteiger partial charge in [0.2, 0.25) is 0 Å². The smallest absolute Gasteiger partial charge is 0.333 e. The van der Waals surface area contributed by atoms with Gasteiger partial charge < -0.3 is 9.71 Å². The number of hydrogen-bond acceptors (Lipinski definition) is 2. The summed E-state index contributed by atoms with van der Waals surface area (Å²) in [5, 5.41) is 2.53. The van der Waals surface area contributed by atoms with Crippen LogP contribution in [-0.4, -0.2) is 6.85 Å². The van der Waals surface area contributed by atoms with Crippen LogP contribution >= 0.6 is 0 Å². The fourth-order valence-corrected chi connectivity index (χ4v) is 9.40. The van der Waals surface area contributed by atoms with E-state index < -0.39 is 0 Å². The number of anilines is 5. The number of fused-ring (bicyclic) bond motifs is 8. The highest BCUT2D eigenvalue weighted by atomic mass is 15.2. The van der Waals surface area contributed by atoms with E-state index in [0.717, 1.165) is 0 Å². The van der Waals surface area contributed by atoms with E-state index in [1.54, 1.807) is 0 Å². The molecule has 11 rings (SSSR count). The van der Waals surface area contributed by atoms with Gasteiger partial charge in [0.15, 0.2) is 0 Å². The van der Waals surface area contributed by atoms with Crippen molar-refractivity contribution in [1.29, 1.82) is 0 Å². The van der Waals surface area contributed by atoms with Crippen molar-refractivity contribution in [3.8, 4) is 33.4 Å². The fourth-order valence-electron chi connectivity index (χ4n) is 9.40. The van der Waals surface area contributed by atoms with Crippen LogP contribution in [0.1, 0.15) is 25.0 Å². The first kappa shape index (κ1) is 29.4. The molecule has 0 amide bonds. The SMILES string of the molecule is CC1(C)c2ccccc2N2c3cc(-c4ccccc4)cc4c3B(c3cccc1c32)N(c1ccc(-c2ccccc2)cc1)c1ccc2ccccc2c1-4. The molecule has 0 fully saturated rings. The van der Waals surface area contributed by atoms with E-state index in [4.69, 9.17) is 0 Å². The van der Waals surface area contributed by atoms with E-state index in [0.29, 0.717) is 0 Å². The average molecular weight is 663 g/mol. The van der Waals surface area contributed by atoms with Gasteiger partial charge >= 0.3 is 6.85 Å². The molecule has 0 atom stereocenters. The van der Waals surface area contributed by atoms with Gasteiger partial charge in [-0.15, -0.1) is 0 Å². The molecular weight excluding hydrogens is 627 g/mol. The maximum atomic E-state index is 2.63. The topological polar surface area (TPSA) is 6.48 Å². The van der Waals surface area contributed by atoms with E-state index >= 15 is 0 Å². The first-order valence-electron chi connectivity index (χ1n) is 18.3. The molecule has 0 unspecified atom stereocenters. The average Bonchev–Trinajstić information content (AvgIpc) is 3.21. The zero-order valence-electron chi connectivity index (χ0n) is 29.2. The van der Waals surface area contributed by atoms with Crippen molar-refractivity contribution in [1.82, 2.24) is 0 Å². The third kappa shape index (κ3) is 4.02. The van der Waals surface area contributed by atoms with Crippen molar-refractivity contribution >= 4 is 57.0 Å². The molecule has 3 heteroatoms. The number of nitrogens with zero attached hydrogens (tertiary/aromatic N) is 2. The lowest BCUT2D eigenvalue weighted by Crippen LogP contribution is -2.62. The van der Waals surface area contributed by atoms with Gasteiger partial charge in [0, 0.05) is 33.7 Å². The second-order valence-corrected chi connectivity index (χ2v) is 14.9. The summed E-state index contributed by atoms with van der Waals surface area (Å²) in [6, 6.07) is 65.4. The van der Waals surface area contributed by atoms with Gasteiger partial charge in [-0.05, 0) is 97.0 Å². The minimum Gasteiger partial charge on any atom is -0.376 e. The molecule has 52 heavy (non-hydrogen) atoms. The van der Waals surface area contributed by atoms with Crippen molar-refractivity contribution in [2.24, 2.45) is 0 Å². The highest BCUT2D eigenvalue weighted by Gasteiger charge is 2.49. The number of hydrogen-bond donors (Lipinski definition) is 0. The Bertz CT molecular complexity index is 2720. The molecule has 8 aromatic carbocycles. The Morgan fingerprint density at radius 1 is 0.481 bits per heavy atom. The van der Waals surface area contributed by atoms with E-state index in [1.165, 1.54) is 94.6 Å². The van der Waals surface area contributed by atoms with E-state index in [-0.39, 0.29) is 12.3 Å². The van der Waals surface area contributed by atoms with Gasteiger partial charge in [-0.3, -0.25) is 0 Å². The summed E-state index contributed by atoms with van der Waals surface area (Å²) < 4.78 is 0. The van der Waals surface area contributed by atoms with Crippen LogP contribution in [0.25, 0.3) is 44.2 Å². The van der Waals surface area contributed by atoms with Gasteiger partial charge in [0.05, 0.1) is 5.69 Å². The summed E-state index contributed by atoms with van der Waals surface area (Å²) in [7, 11) is 0. The quantitative estimate of drug-likeness (QED) is 0.174. The van der Waals surface area contributed by atoms with Gasteiger partial charge in [-0.1, -0.05) is 153 Å². The Hall–Kier alpha value is -6.32. The lowest BCUT2D eigenvalue weighted by atomic mass is 9.42. The van der Waals surface area contributed by atoms with Crippen molar-refractivity contribution in [3.05, 3.63) is 187 Å². The molecule has 0 radical (unpaired) electrons. The maximum Gasteiger partial charge on any atom is 0.333 e. The Morgan fingerprint density at radius 3 is 1.92 bits per heavy atom. The lowest BCUT2D eigenvalue weighted by Gasteiger charge is -2.50. The van der Waals surface area contributed by atoms with Crippen LogP contribution in [0.15, 0.2) is 176 Å². The van der Waals surface area contributed by atoms with Gasteiger partial charge in [-0.2, -0.15) is 0 Å². The molecule has 0 saturated heterocycles. The van der Waals surface area contributed by atoms with Crippen LogP contribution in [0.3, 0.4) is 0 Å². The largest absolute Gasteiger partial charge is 0.376 e. The van der Waals surface area contributed by atoms with Crippen LogP contribution in [0, 0.1) is 0 Å². The lowest BCUT2D eigenvalue weighted by molar-refractivity contribution is 0.632. The molecule has 3 aliphatic rings. The molecule has 244 valence electrons. The zero-order chi connectivity index (χ0) is 34.6. The van der Waals surface area contributed by atoms with Crippen LogP contribution in [0.2, 0.25) is 0 Å². The summed E-state index contributed by atoms with van der Waals surface area (Å²) in [6.45, 7) is 4.75. The predicted molar refractivity (Wildman–Crippen MR) is 221 cm³/mol. The zero-order valence-corrected chi connectivity index (χ0v) is 29.2. The first-order valence-corrected chi connectivity index (χ1v) is 18.3. The van der Waals surface area contributed by atoms with Crippen LogP contribution < -0.4 is 20.6 Å². The van der Waals surface area contributed by atoms with Crippen molar-refractivity contribution in [3.63, 3.8) is 0 Å². The fraction of sp³-hybridized carbons (Fsp3) is 0.0612. The Kier molecular flexibility index (Phi) is 6.13. The standard InChI is InChI=1S/C49H35BN2/c1-49(2)40-20-11-12-23-43(40)51-45-31-36(33-16-7-4-8-17-33)30-39-46-38-19-10-9-18-35(38)26-29-44(46)52(50(47(39)45)42-22-13-21-41(49)48(42)51)37-27-24-34(25-28-37)32-14-5-3-6-15-32/h3-31H,1-2H3. The number of benzene rings is 8. The third-order valence-corrected chi connectivity index (χ3v) is 11.8. The molecule has 0 spiro atoms. The van der Waals surface area contributed by atoms with Crippen molar-refractivity contribution in [2.75, 3.05) is 9.71 Å². The maximum absolute atomic E-state index is 2.63. The van der Waals surface area contributed by atoms with Crippen molar-refractivity contribution in [2.45, 2.75) is 19.3 Å². The molecular formula is C49H35BN2. The Labute approximate surface area is 305 Å². The van der Waals surface area contributed by atoms with E-state index in [1.807, 2.05) is 0 Å². The molecule has 3 heterocycles. The Morgan fingerprint density at radius 2 is 1.13 bits per heavy atom. The summed E-state index contributed by atoms with van der Waals surface area (Å²) in [5.74, 6) is 0. The molecule has 2 nitrogen and oxygen atoms in total. The van der Waals surface area contributed by atoms with Gasteiger partial charge in [-0.25, -0.2) is 0 Å². The number of para-hydroxylation sites is 2. The van der Waals surface area contributed by atoms with Gasteiger partial charge in [0.25, 0.3) is 0 Å². The molecule has 0 aliphatic carbocycles. The highest BCUT2D eigenvalue weighted by molar-refractivity contribution is 6.93. The molecule has 0 N–H and O–H groups in total. The molecule has 3 aliphatic heterocycles. The molecule has 0 bridgehead atoms.